The number of fused-ring (bicyclic) bond motifs is 1. The molecule has 3 atom stereocenters. The highest BCUT2D eigenvalue weighted by atomic mass is 16.2. The molecule has 3 heteroatoms. The summed E-state index contributed by atoms with van der Waals surface area (Å²) in [6.07, 6.45) is 2.12. The van der Waals surface area contributed by atoms with Crippen molar-refractivity contribution in [2.45, 2.75) is 25.8 Å². The molecule has 0 spiro atoms. The number of hydrogen-bond acceptors (Lipinski definition) is 2. The highest BCUT2D eigenvalue weighted by molar-refractivity contribution is 5.80. The zero-order valence-electron chi connectivity index (χ0n) is 10.8. The van der Waals surface area contributed by atoms with Crippen molar-refractivity contribution in [1.29, 1.82) is 0 Å². The van der Waals surface area contributed by atoms with E-state index in [1.165, 1.54) is 11.1 Å². The van der Waals surface area contributed by atoms with Gasteiger partial charge in [-0.15, -0.1) is 0 Å². The van der Waals surface area contributed by atoms with E-state index in [0.29, 0.717) is 5.92 Å². The van der Waals surface area contributed by atoms with Crippen LogP contribution in [0.2, 0.25) is 0 Å². The highest BCUT2D eigenvalue weighted by Gasteiger charge is 2.32. The molecule has 0 aromatic heterocycles. The molecule has 3 rings (SSSR count). The first-order chi connectivity index (χ1) is 8.75. The van der Waals surface area contributed by atoms with Gasteiger partial charge in [0.05, 0.1) is 12.0 Å². The zero-order valence-corrected chi connectivity index (χ0v) is 10.8. The van der Waals surface area contributed by atoms with Crippen LogP contribution in [0, 0.1) is 11.8 Å². The number of carbonyl (C=O) groups excluding carboxylic acids is 1. The zero-order chi connectivity index (χ0) is 12.5. The lowest BCUT2D eigenvalue weighted by atomic mass is 9.96. The van der Waals surface area contributed by atoms with Gasteiger partial charge in [-0.3, -0.25) is 4.79 Å². The summed E-state index contributed by atoms with van der Waals surface area (Å²) in [5, 5.41) is 6.51. The second-order valence-electron chi connectivity index (χ2n) is 5.54. The predicted molar refractivity (Wildman–Crippen MR) is 71.2 cm³/mol. The van der Waals surface area contributed by atoms with E-state index < -0.39 is 0 Å². The van der Waals surface area contributed by atoms with Gasteiger partial charge in [0, 0.05) is 6.54 Å². The minimum Gasteiger partial charge on any atom is -0.349 e. The van der Waals surface area contributed by atoms with E-state index in [1.807, 2.05) is 0 Å². The van der Waals surface area contributed by atoms with Gasteiger partial charge >= 0.3 is 0 Å². The summed E-state index contributed by atoms with van der Waals surface area (Å²) in [5.74, 6) is 0.800. The Kier molecular flexibility index (Phi) is 3.08. The number of amides is 1. The van der Waals surface area contributed by atoms with Crippen molar-refractivity contribution in [3.05, 3.63) is 35.4 Å². The van der Waals surface area contributed by atoms with Gasteiger partial charge < -0.3 is 10.6 Å². The molecule has 1 heterocycles. The first-order valence-electron chi connectivity index (χ1n) is 6.84. The van der Waals surface area contributed by atoms with E-state index in [-0.39, 0.29) is 17.9 Å². The van der Waals surface area contributed by atoms with Crippen molar-refractivity contribution in [3.8, 4) is 0 Å². The van der Waals surface area contributed by atoms with Crippen LogP contribution in [0.3, 0.4) is 0 Å². The third-order valence-electron chi connectivity index (χ3n) is 4.30. The van der Waals surface area contributed by atoms with Crippen molar-refractivity contribution in [2.24, 2.45) is 11.8 Å². The molecular formula is C15H20N2O. The van der Waals surface area contributed by atoms with E-state index in [4.69, 9.17) is 0 Å². The van der Waals surface area contributed by atoms with Gasteiger partial charge in [-0.1, -0.05) is 31.2 Å². The number of carbonyl (C=O) groups is 1. The lowest BCUT2D eigenvalue weighted by molar-refractivity contribution is -0.126. The second kappa shape index (κ2) is 4.73. The largest absolute Gasteiger partial charge is 0.349 e. The van der Waals surface area contributed by atoms with Crippen LogP contribution >= 0.6 is 0 Å². The Morgan fingerprint density at radius 2 is 2.17 bits per heavy atom. The summed E-state index contributed by atoms with van der Waals surface area (Å²) in [4.78, 5) is 12.3. The van der Waals surface area contributed by atoms with Crippen molar-refractivity contribution < 1.29 is 4.79 Å². The molecule has 1 amide bonds. The number of aryl methyl sites for hydroxylation is 1. The number of benzene rings is 1. The van der Waals surface area contributed by atoms with E-state index in [1.54, 1.807) is 0 Å². The van der Waals surface area contributed by atoms with Crippen molar-refractivity contribution in [3.63, 3.8) is 0 Å². The van der Waals surface area contributed by atoms with Gasteiger partial charge in [0.15, 0.2) is 0 Å². The molecule has 1 aromatic carbocycles. The molecule has 18 heavy (non-hydrogen) atoms. The van der Waals surface area contributed by atoms with Crippen LogP contribution in [0.1, 0.15) is 30.5 Å². The Morgan fingerprint density at radius 3 is 2.94 bits per heavy atom. The quantitative estimate of drug-likeness (QED) is 0.830. The fourth-order valence-electron chi connectivity index (χ4n) is 3.15. The van der Waals surface area contributed by atoms with E-state index in [9.17, 15) is 4.79 Å². The van der Waals surface area contributed by atoms with Gasteiger partial charge in [0.25, 0.3) is 0 Å². The third-order valence-corrected chi connectivity index (χ3v) is 4.30. The fourth-order valence-corrected chi connectivity index (χ4v) is 3.15. The molecule has 0 bridgehead atoms. The molecule has 2 N–H and O–H groups in total. The molecule has 3 nitrogen and oxygen atoms in total. The maximum absolute atomic E-state index is 12.3. The molecule has 1 aromatic rings. The van der Waals surface area contributed by atoms with Crippen LogP contribution in [0.5, 0.6) is 0 Å². The Labute approximate surface area is 108 Å². The molecule has 0 radical (unpaired) electrons. The van der Waals surface area contributed by atoms with Crippen LogP contribution in [-0.2, 0) is 11.2 Å². The number of rotatable bonds is 2. The second-order valence-corrected chi connectivity index (χ2v) is 5.54. The standard InChI is InChI=1S/C15H20N2O/c1-10-8-16-9-13(10)15(18)17-14-7-6-11-4-2-3-5-12(11)14/h2-5,10,13-14,16H,6-9H2,1H3,(H,17,18)/t10-,13-,14?/m1/s1. The monoisotopic (exact) mass is 244 g/mol. The Hall–Kier alpha value is -1.35. The van der Waals surface area contributed by atoms with Crippen LogP contribution in [0.15, 0.2) is 24.3 Å². The average molecular weight is 244 g/mol. The first kappa shape index (κ1) is 11.7. The van der Waals surface area contributed by atoms with Gasteiger partial charge in [-0.25, -0.2) is 0 Å². The van der Waals surface area contributed by atoms with E-state index in [2.05, 4.69) is 41.8 Å². The van der Waals surface area contributed by atoms with Crippen LogP contribution in [0.25, 0.3) is 0 Å². The summed E-state index contributed by atoms with van der Waals surface area (Å²) in [7, 11) is 0. The molecule has 1 aliphatic carbocycles. The van der Waals surface area contributed by atoms with Crippen molar-refractivity contribution in [1.82, 2.24) is 10.6 Å². The molecule has 2 aliphatic rings. The molecule has 96 valence electrons. The predicted octanol–water partition coefficient (Wildman–Crippen LogP) is 1.65. The first-order valence-corrected chi connectivity index (χ1v) is 6.84. The average Bonchev–Trinajstić information content (AvgIpc) is 2.97. The van der Waals surface area contributed by atoms with Gasteiger partial charge in [-0.05, 0) is 36.4 Å². The van der Waals surface area contributed by atoms with Crippen molar-refractivity contribution >= 4 is 5.91 Å². The smallest absolute Gasteiger partial charge is 0.225 e. The molecule has 1 unspecified atom stereocenters. The van der Waals surface area contributed by atoms with E-state index in [0.717, 1.165) is 25.9 Å². The number of nitrogens with one attached hydrogen (secondary N) is 2. The number of hydrogen-bond donors (Lipinski definition) is 2. The normalized spacial score (nSPS) is 30.2. The SMILES string of the molecule is C[C@@H]1CNC[C@H]1C(=O)NC1CCc2ccccc21. The van der Waals surface area contributed by atoms with Gasteiger partial charge in [-0.2, -0.15) is 0 Å². The molecular weight excluding hydrogens is 224 g/mol. The fraction of sp³-hybridized carbons (Fsp3) is 0.533. The van der Waals surface area contributed by atoms with Crippen LogP contribution in [-0.4, -0.2) is 19.0 Å². The van der Waals surface area contributed by atoms with Crippen LogP contribution in [0.4, 0.5) is 0 Å². The van der Waals surface area contributed by atoms with Gasteiger partial charge in [0.1, 0.15) is 0 Å². The molecule has 0 saturated carbocycles. The summed E-state index contributed by atoms with van der Waals surface area (Å²) < 4.78 is 0. The minimum atomic E-state index is 0.137. The highest BCUT2D eigenvalue weighted by Crippen LogP contribution is 2.31. The third kappa shape index (κ3) is 2.03. The minimum absolute atomic E-state index is 0.137. The summed E-state index contributed by atoms with van der Waals surface area (Å²) in [5.41, 5.74) is 2.70. The topological polar surface area (TPSA) is 41.1 Å². The summed E-state index contributed by atoms with van der Waals surface area (Å²) in [6, 6.07) is 8.67. The maximum Gasteiger partial charge on any atom is 0.225 e. The molecule has 1 fully saturated rings. The lowest BCUT2D eigenvalue weighted by Gasteiger charge is -2.19. The molecule has 1 saturated heterocycles. The lowest BCUT2D eigenvalue weighted by Crippen LogP contribution is -2.36. The molecule has 1 aliphatic heterocycles. The Morgan fingerprint density at radius 1 is 1.33 bits per heavy atom. The van der Waals surface area contributed by atoms with Gasteiger partial charge in [0.2, 0.25) is 5.91 Å². The maximum atomic E-state index is 12.3. The van der Waals surface area contributed by atoms with E-state index >= 15 is 0 Å². The summed E-state index contributed by atoms with van der Waals surface area (Å²) >= 11 is 0. The Bertz CT molecular complexity index is 458. The summed E-state index contributed by atoms with van der Waals surface area (Å²) in [6.45, 7) is 3.92. The van der Waals surface area contributed by atoms with Crippen molar-refractivity contribution in [2.75, 3.05) is 13.1 Å². The van der Waals surface area contributed by atoms with Crippen LogP contribution < -0.4 is 10.6 Å². The Balaban J connectivity index is 1.69.